The molecule has 108 valence electrons. The number of carboxylic acids is 1. The summed E-state index contributed by atoms with van der Waals surface area (Å²) in [4.78, 5) is 29.4. The molecule has 0 aliphatic carbocycles. The maximum absolute atomic E-state index is 11.0. The van der Waals surface area contributed by atoms with Gasteiger partial charge in [0.25, 0.3) is 0 Å². The molecule has 0 radical (unpaired) electrons. The number of aromatic carboxylic acids is 1. The van der Waals surface area contributed by atoms with E-state index in [9.17, 15) is 14.9 Å². The van der Waals surface area contributed by atoms with Gasteiger partial charge in [-0.05, 0) is 19.9 Å². The van der Waals surface area contributed by atoms with Crippen LogP contribution in [0.15, 0.2) is 24.4 Å². The van der Waals surface area contributed by atoms with E-state index < -0.39 is 10.9 Å². The molecule has 0 amide bonds. The summed E-state index contributed by atoms with van der Waals surface area (Å²) >= 11 is 0. The fraction of sp³-hybridized carbons (Fsp3) is 0.154. The highest BCUT2D eigenvalue weighted by Crippen LogP contribution is 2.31. The maximum atomic E-state index is 11.0. The highest BCUT2D eigenvalue weighted by atomic mass is 16.6. The first-order chi connectivity index (χ1) is 9.88. The molecule has 8 heteroatoms. The number of carboxylic acid groups (broad SMARTS) is 1. The molecule has 0 spiro atoms. The Bertz CT molecular complexity index is 730. The molecule has 1 N–H and O–H groups in total. The van der Waals surface area contributed by atoms with Crippen LogP contribution in [0.3, 0.4) is 0 Å². The average Bonchev–Trinajstić information content (AvgIpc) is 2.42. The third kappa shape index (κ3) is 3.11. The third-order valence-corrected chi connectivity index (χ3v) is 2.79. The highest BCUT2D eigenvalue weighted by molar-refractivity contribution is 5.88. The molecule has 0 bridgehead atoms. The minimum Gasteiger partial charge on any atom is -0.478 e. The van der Waals surface area contributed by atoms with Crippen molar-refractivity contribution < 1.29 is 19.6 Å². The van der Waals surface area contributed by atoms with Gasteiger partial charge in [0, 0.05) is 12.1 Å². The third-order valence-electron chi connectivity index (χ3n) is 2.79. The molecule has 1 heterocycles. The highest BCUT2D eigenvalue weighted by Gasteiger charge is 2.19. The lowest BCUT2D eigenvalue weighted by atomic mass is 10.2. The molecule has 0 aliphatic rings. The Labute approximate surface area is 119 Å². The smallest absolute Gasteiger partial charge is 0.335 e. The van der Waals surface area contributed by atoms with E-state index in [4.69, 9.17) is 9.84 Å². The molecule has 1 aromatic heterocycles. The number of nitrogens with zero attached hydrogens (tertiary/aromatic N) is 3. The number of hydrogen-bond acceptors (Lipinski definition) is 6. The van der Waals surface area contributed by atoms with E-state index in [-0.39, 0.29) is 22.9 Å². The van der Waals surface area contributed by atoms with Crippen molar-refractivity contribution in [3.63, 3.8) is 0 Å². The summed E-state index contributed by atoms with van der Waals surface area (Å²) in [6.07, 6.45) is 1.32. The van der Waals surface area contributed by atoms with Crippen molar-refractivity contribution in [2.45, 2.75) is 13.8 Å². The second-order valence-corrected chi connectivity index (χ2v) is 4.23. The Morgan fingerprint density at radius 3 is 2.62 bits per heavy atom. The molecule has 0 fully saturated rings. The van der Waals surface area contributed by atoms with Crippen molar-refractivity contribution in [1.29, 1.82) is 0 Å². The second kappa shape index (κ2) is 5.53. The molecular formula is C13H11N3O5. The molecular weight excluding hydrogens is 278 g/mol. The first-order valence-corrected chi connectivity index (χ1v) is 5.88. The number of ether oxygens (including phenoxy) is 1. The van der Waals surface area contributed by atoms with Crippen molar-refractivity contribution in [3.8, 4) is 11.6 Å². The number of hydrogen-bond donors (Lipinski definition) is 1. The zero-order valence-electron chi connectivity index (χ0n) is 11.2. The first-order valence-electron chi connectivity index (χ1n) is 5.88. The van der Waals surface area contributed by atoms with E-state index in [1.54, 1.807) is 13.8 Å². The molecule has 8 nitrogen and oxygen atoms in total. The number of nitro groups is 1. The van der Waals surface area contributed by atoms with Gasteiger partial charge < -0.3 is 9.84 Å². The molecule has 1 aromatic carbocycles. The van der Waals surface area contributed by atoms with Crippen LogP contribution in [0.5, 0.6) is 11.6 Å². The summed E-state index contributed by atoms with van der Waals surface area (Å²) in [5.41, 5.74) is 0.855. The van der Waals surface area contributed by atoms with Crippen LogP contribution in [-0.2, 0) is 0 Å². The van der Waals surface area contributed by atoms with Gasteiger partial charge in [-0.25, -0.2) is 9.78 Å². The minimum absolute atomic E-state index is 0.0590. The van der Waals surface area contributed by atoms with E-state index in [0.717, 1.165) is 18.2 Å². The number of aryl methyl sites for hydroxylation is 2. The van der Waals surface area contributed by atoms with E-state index in [0.29, 0.717) is 11.4 Å². The van der Waals surface area contributed by atoms with Crippen LogP contribution in [0.2, 0.25) is 0 Å². The van der Waals surface area contributed by atoms with Crippen LogP contribution >= 0.6 is 0 Å². The lowest BCUT2D eigenvalue weighted by Gasteiger charge is -2.07. The Balaban J connectivity index is 2.45. The van der Waals surface area contributed by atoms with Gasteiger partial charge in [0.05, 0.1) is 28.1 Å². The number of carbonyl (C=O) groups is 1. The zero-order chi connectivity index (χ0) is 15.6. The topological polar surface area (TPSA) is 115 Å². The molecule has 0 saturated carbocycles. The van der Waals surface area contributed by atoms with Gasteiger partial charge >= 0.3 is 11.7 Å². The Morgan fingerprint density at radius 2 is 2.05 bits per heavy atom. The van der Waals surface area contributed by atoms with Gasteiger partial charge in [0.2, 0.25) is 11.6 Å². The summed E-state index contributed by atoms with van der Waals surface area (Å²) < 4.78 is 5.32. The van der Waals surface area contributed by atoms with Crippen molar-refractivity contribution in [2.75, 3.05) is 0 Å². The normalized spacial score (nSPS) is 10.2. The van der Waals surface area contributed by atoms with Crippen molar-refractivity contribution >= 4 is 11.7 Å². The van der Waals surface area contributed by atoms with Crippen LogP contribution in [0.1, 0.15) is 21.7 Å². The Kier molecular flexibility index (Phi) is 3.79. The maximum Gasteiger partial charge on any atom is 0.335 e. The zero-order valence-corrected chi connectivity index (χ0v) is 11.2. The fourth-order valence-corrected chi connectivity index (χ4v) is 1.56. The Morgan fingerprint density at radius 1 is 1.33 bits per heavy atom. The first kappa shape index (κ1) is 14.4. The van der Waals surface area contributed by atoms with E-state index in [1.807, 2.05) is 0 Å². The number of rotatable bonds is 4. The quantitative estimate of drug-likeness (QED) is 0.678. The molecule has 2 aromatic rings. The minimum atomic E-state index is -1.21. The van der Waals surface area contributed by atoms with Gasteiger partial charge in [-0.1, -0.05) is 0 Å². The van der Waals surface area contributed by atoms with E-state index in [1.165, 1.54) is 6.20 Å². The van der Waals surface area contributed by atoms with Crippen LogP contribution < -0.4 is 4.74 Å². The van der Waals surface area contributed by atoms with Crippen molar-refractivity contribution in [3.05, 3.63) is 51.5 Å². The second-order valence-electron chi connectivity index (χ2n) is 4.23. The van der Waals surface area contributed by atoms with Crippen LogP contribution in [0, 0.1) is 24.0 Å². The summed E-state index contributed by atoms with van der Waals surface area (Å²) in [5.74, 6) is -1.35. The van der Waals surface area contributed by atoms with Crippen molar-refractivity contribution in [1.82, 2.24) is 9.97 Å². The van der Waals surface area contributed by atoms with Gasteiger partial charge in [0.1, 0.15) is 0 Å². The predicted octanol–water partition coefficient (Wildman–Crippen LogP) is 2.49. The molecule has 0 aliphatic heterocycles. The largest absolute Gasteiger partial charge is 0.478 e. The van der Waals surface area contributed by atoms with Crippen LogP contribution in [0.25, 0.3) is 0 Å². The molecule has 21 heavy (non-hydrogen) atoms. The van der Waals surface area contributed by atoms with E-state index >= 15 is 0 Å². The standard InChI is InChI=1S/C13H11N3O5/c1-7-8(2)15-12(6-14-7)21-11-5-9(13(17)18)3-4-10(11)16(19)20/h3-6H,1-2H3,(H,17,18). The summed E-state index contributed by atoms with van der Waals surface area (Å²) in [6.45, 7) is 3.48. The monoisotopic (exact) mass is 289 g/mol. The Hall–Kier alpha value is -3.03. The van der Waals surface area contributed by atoms with Crippen molar-refractivity contribution in [2.24, 2.45) is 0 Å². The SMILES string of the molecule is Cc1ncc(Oc2cc(C(=O)O)ccc2[N+](=O)[O-])nc1C. The molecule has 0 saturated heterocycles. The summed E-state index contributed by atoms with van der Waals surface area (Å²) in [7, 11) is 0. The number of nitro benzene ring substituents is 1. The summed E-state index contributed by atoms with van der Waals surface area (Å²) in [5, 5.41) is 19.9. The number of aromatic nitrogens is 2. The average molecular weight is 289 g/mol. The van der Waals surface area contributed by atoms with Crippen LogP contribution in [-0.4, -0.2) is 26.0 Å². The van der Waals surface area contributed by atoms with Gasteiger partial charge in [-0.3, -0.25) is 15.1 Å². The lowest BCUT2D eigenvalue weighted by molar-refractivity contribution is -0.385. The van der Waals surface area contributed by atoms with E-state index in [2.05, 4.69) is 9.97 Å². The fourth-order valence-electron chi connectivity index (χ4n) is 1.56. The predicted molar refractivity (Wildman–Crippen MR) is 71.6 cm³/mol. The lowest BCUT2D eigenvalue weighted by Crippen LogP contribution is -2.01. The van der Waals surface area contributed by atoms with Gasteiger partial charge in [0.15, 0.2) is 0 Å². The van der Waals surface area contributed by atoms with Gasteiger partial charge in [-0.2, -0.15) is 0 Å². The van der Waals surface area contributed by atoms with Crippen LogP contribution in [0.4, 0.5) is 5.69 Å². The molecule has 0 atom stereocenters. The molecule has 0 unspecified atom stereocenters. The van der Waals surface area contributed by atoms with Gasteiger partial charge in [-0.15, -0.1) is 0 Å². The molecule has 2 rings (SSSR count). The number of benzene rings is 1. The summed E-state index contributed by atoms with van der Waals surface area (Å²) in [6, 6.07) is 3.30.